The van der Waals surface area contributed by atoms with Crippen molar-refractivity contribution in [1.29, 1.82) is 0 Å². The van der Waals surface area contributed by atoms with Gasteiger partial charge in [0.05, 0.1) is 25.6 Å². The molecule has 1 amide bonds. The van der Waals surface area contributed by atoms with Crippen LogP contribution in [0.5, 0.6) is 11.5 Å². The summed E-state index contributed by atoms with van der Waals surface area (Å²) in [6, 6.07) is 15.4. The minimum Gasteiger partial charge on any atom is -0.493 e. The fourth-order valence-corrected chi connectivity index (χ4v) is 2.66. The average molecular weight is 377 g/mol. The second-order valence-corrected chi connectivity index (χ2v) is 6.02. The first-order chi connectivity index (χ1) is 13.7. The molecule has 0 fully saturated rings. The summed E-state index contributed by atoms with van der Waals surface area (Å²) in [5.41, 5.74) is 2.76. The summed E-state index contributed by atoms with van der Waals surface area (Å²) in [7, 11) is 1.60. The van der Waals surface area contributed by atoms with Crippen molar-refractivity contribution in [2.75, 3.05) is 13.7 Å². The summed E-state index contributed by atoms with van der Waals surface area (Å²) in [6.07, 6.45) is 6.88. The molecule has 0 bridgehead atoms. The standard InChI is InChI=1S/C22H23N3O3/c1-3-28-21-13-17(9-11-20(21)27-2)10-12-22(26)23-14-18-15-24-25(16-18)19-7-5-4-6-8-19/h4-13,15-16H,3,14H2,1-2H3,(H,23,26)/b12-10+. The Balaban J connectivity index is 1.57. The van der Waals surface area contributed by atoms with Gasteiger partial charge in [0.15, 0.2) is 11.5 Å². The van der Waals surface area contributed by atoms with Crippen LogP contribution in [0.3, 0.4) is 0 Å². The Labute approximate surface area is 164 Å². The highest BCUT2D eigenvalue weighted by molar-refractivity contribution is 5.91. The van der Waals surface area contributed by atoms with Crippen LogP contribution in [0.2, 0.25) is 0 Å². The maximum Gasteiger partial charge on any atom is 0.244 e. The van der Waals surface area contributed by atoms with E-state index in [1.165, 1.54) is 6.08 Å². The SMILES string of the molecule is CCOc1cc(/C=C/C(=O)NCc2cnn(-c3ccccc3)c2)ccc1OC. The Bertz CT molecular complexity index is 949. The number of ether oxygens (including phenoxy) is 2. The van der Waals surface area contributed by atoms with Crippen molar-refractivity contribution in [2.24, 2.45) is 0 Å². The van der Waals surface area contributed by atoms with Crippen LogP contribution < -0.4 is 14.8 Å². The van der Waals surface area contributed by atoms with E-state index in [4.69, 9.17) is 9.47 Å². The highest BCUT2D eigenvalue weighted by Gasteiger charge is 2.05. The van der Waals surface area contributed by atoms with Crippen molar-refractivity contribution in [2.45, 2.75) is 13.5 Å². The minimum absolute atomic E-state index is 0.179. The molecule has 0 saturated carbocycles. The van der Waals surface area contributed by atoms with Gasteiger partial charge in [0.25, 0.3) is 0 Å². The quantitative estimate of drug-likeness (QED) is 0.609. The number of amides is 1. The van der Waals surface area contributed by atoms with Crippen molar-refractivity contribution in [3.8, 4) is 17.2 Å². The molecule has 1 aromatic heterocycles. The van der Waals surface area contributed by atoms with Gasteiger partial charge < -0.3 is 14.8 Å². The molecule has 6 nitrogen and oxygen atoms in total. The van der Waals surface area contributed by atoms with Crippen LogP contribution in [0.1, 0.15) is 18.1 Å². The van der Waals surface area contributed by atoms with Crippen LogP contribution in [-0.2, 0) is 11.3 Å². The number of aromatic nitrogens is 2. The van der Waals surface area contributed by atoms with Gasteiger partial charge in [0.2, 0.25) is 5.91 Å². The largest absolute Gasteiger partial charge is 0.493 e. The van der Waals surface area contributed by atoms with E-state index in [-0.39, 0.29) is 5.91 Å². The molecule has 0 spiro atoms. The van der Waals surface area contributed by atoms with Gasteiger partial charge >= 0.3 is 0 Å². The number of nitrogens with one attached hydrogen (secondary N) is 1. The van der Waals surface area contributed by atoms with Gasteiger partial charge in [-0.05, 0) is 42.8 Å². The Morgan fingerprint density at radius 1 is 1.18 bits per heavy atom. The van der Waals surface area contributed by atoms with Gasteiger partial charge in [-0.15, -0.1) is 0 Å². The van der Waals surface area contributed by atoms with Crippen LogP contribution in [0.4, 0.5) is 0 Å². The minimum atomic E-state index is -0.179. The normalized spacial score (nSPS) is 10.8. The molecule has 0 aliphatic rings. The second-order valence-electron chi connectivity index (χ2n) is 6.02. The number of hydrogen-bond acceptors (Lipinski definition) is 4. The highest BCUT2D eigenvalue weighted by Crippen LogP contribution is 2.28. The molecular formula is C22H23N3O3. The Hall–Kier alpha value is -3.54. The number of para-hydroxylation sites is 1. The maximum absolute atomic E-state index is 12.1. The first-order valence-electron chi connectivity index (χ1n) is 9.05. The Morgan fingerprint density at radius 3 is 2.75 bits per heavy atom. The lowest BCUT2D eigenvalue weighted by molar-refractivity contribution is -0.116. The molecule has 0 atom stereocenters. The van der Waals surface area contributed by atoms with Gasteiger partial charge in [0, 0.05) is 24.4 Å². The lowest BCUT2D eigenvalue weighted by atomic mass is 10.2. The molecule has 0 aliphatic heterocycles. The molecule has 0 saturated heterocycles. The second kappa shape index (κ2) is 9.41. The van der Waals surface area contributed by atoms with Gasteiger partial charge in [-0.3, -0.25) is 4.79 Å². The van der Waals surface area contributed by atoms with Crippen molar-refractivity contribution >= 4 is 12.0 Å². The highest BCUT2D eigenvalue weighted by atomic mass is 16.5. The van der Waals surface area contributed by atoms with Crippen LogP contribution in [0.25, 0.3) is 11.8 Å². The summed E-state index contributed by atoms with van der Waals surface area (Å²) < 4.78 is 12.6. The molecule has 3 aromatic rings. The lowest BCUT2D eigenvalue weighted by Gasteiger charge is -2.09. The van der Waals surface area contributed by atoms with Crippen LogP contribution in [0, 0.1) is 0 Å². The number of hydrogen-bond donors (Lipinski definition) is 1. The molecule has 0 radical (unpaired) electrons. The van der Waals surface area contributed by atoms with E-state index in [1.54, 1.807) is 24.1 Å². The number of nitrogens with zero attached hydrogens (tertiary/aromatic N) is 2. The van der Waals surface area contributed by atoms with Gasteiger partial charge in [-0.2, -0.15) is 5.10 Å². The first-order valence-corrected chi connectivity index (χ1v) is 9.05. The maximum atomic E-state index is 12.1. The number of carbonyl (C=O) groups is 1. The summed E-state index contributed by atoms with van der Waals surface area (Å²) >= 11 is 0. The predicted molar refractivity (Wildman–Crippen MR) is 109 cm³/mol. The molecule has 0 aliphatic carbocycles. The van der Waals surface area contributed by atoms with Crippen molar-refractivity contribution in [3.63, 3.8) is 0 Å². The fraction of sp³-hybridized carbons (Fsp3) is 0.182. The predicted octanol–water partition coefficient (Wildman–Crippen LogP) is 3.61. The zero-order chi connectivity index (χ0) is 19.8. The van der Waals surface area contributed by atoms with E-state index >= 15 is 0 Å². The van der Waals surface area contributed by atoms with E-state index in [1.807, 2.05) is 61.7 Å². The van der Waals surface area contributed by atoms with Crippen molar-refractivity contribution in [1.82, 2.24) is 15.1 Å². The molecule has 1 N–H and O–H groups in total. The monoisotopic (exact) mass is 377 g/mol. The fourth-order valence-electron chi connectivity index (χ4n) is 2.66. The topological polar surface area (TPSA) is 65.4 Å². The molecule has 3 rings (SSSR count). The van der Waals surface area contributed by atoms with Crippen molar-refractivity contribution in [3.05, 3.63) is 78.1 Å². The average Bonchev–Trinajstić information content (AvgIpc) is 3.21. The summed E-state index contributed by atoms with van der Waals surface area (Å²) in [5.74, 6) is 1.14. The summed E-state index contributed by atoms with van der Waals surface area (Å²) in [5, 5.41) is 7.18. The summed E-state index contributed by atoms with van der Waals surface area (Å²) in [6.45, 7) is 2.86. The number of rotatable bonds is 8. The van der Waals surface area contributed by atoms with Crippen molar-refractivity contribution < 1.29 is 14.3 Å². The molecule has 1 heterocycles. The van der Waals surface area contributed by atoms with E-state index in [0.29, 0.717) is 24.7 Å². The molecule has 0 unspecified atom stereocenters. The zero-order valence-electron chi connectivity index (χ0n) is 16.0. The third-order valence-corrected chi connectivity index (χ3v) is 4.04. The molecular weight excluding hydrogens is 354 g/mol. The number of benzene rings is 2. The number of carbonyl (C=O) groups excluding carboxylic acids is 1. The Kier molecular flexibility index (Phi) is 6.46. The van der Waals surface area contributed by atoms with E-state index in [0.717, 1.165) is 16.8 Å². The van der Waals surface area contributed by atoms with Gasteiger partial charge in [-0.1, -0.05) is 24.3 Å². The molecule has 2 aromatic carbocycles. The van der Waals surface area contributed by atoms with Crippen LogP contribution >= 0.6 is 0 Å². The molecule has 144 valence electrons. The van der Waals surface area contributed by atoms with Crippen LogP contribution in [0.15, 0.2) is 67.0 Å². The molecule has 6 heteroatoms. The Morgan fingerprint density at radius 2 is 2.00 bits per heavy atom. The van der Waals surface area contributed by atoms with Gasteiger partial charge in [-0.25, -0.2) is 4.68 Å². The van der Waals surface area contributed by atoms with Gasteiger partial charge in [0.1, 0.15) is 0 Å². The van der Waals surface area contributed by atoms with E-state index in [9.17, 15) is 4.79 Å². The third-order valence-electron chi connectivity index (χ3n) is 4.04. The smallest absolute Gasteiger partial charge is 0.244 e. The van der Waals surface area contributed by atoms with E-state index in [2.05, 4.69) is 10.4 Å². The third kappa shape index (κ3) is 5.01. The summed E-state index contributed by atoms with van der Waals surface area (Å²) in [4.78, 5) is 12.1. The lowest BCUT2D eigenvalue weighted by Crippen LogP contribution is -2.19. The van der Waals surface area contributed by atoms with E-state index < -0.39 is 0 Å². The zero-order valence-corrected chi connectivity index (χ0v) is 16.0. The van der Waals surface area contributed by atoms with Crippen LogP contribution in [-0.4, -0.2) is 29.4 Å². The number of methoxy groups -OCH3 is 1. The molecule has 28 heavy (non-hydrogen) atoms. The first kappa shape index (κ1) is 19.2.